The summed E-state index contributed by atoms with van der Waals surface area (Å²) in [5.74, 6) is -0.740. The molecule has 0 aliphatic heterocycles. The number of hydrogen-bond donors (Lipinski definition) is 1. The monoisotopic (exact) mass is 248 g/mol. The highest BCUT2D eigenvalue weighted by molar-refractivity contribution is 8.14. The van der Waals surface area contributed by atoms with Gasteiger partial charge in [-0.1, -0.05) is 0 Å². The van der Waals surface area contributed by atoms with Gasteiger partial charge in [-0.3, -0.25) is 5.10 Å². The standard InChI is InChI=1S/C8H6ClFN2O2S/c1-4-2-5-7(11-12-8(5)10)6(3-4)15(9,13)14/h2-3H,1H3,(H,11,12). The lowest BCUT2D eigenvalue weighted by Gasteiger charge is -2.00. The Hall–Kier alpha value is -1.14. The van der Waals surface area contributed by atoms with Gasteiger partial charge in [0.15, 0.2) is 0 Å². The van der Waals surface area contributed by atoms with Crippen molar-refractivity contribution in [3.8, 4) is 0 Å². The zero-order valence-corrected chi connectivity index (χ0v) is 9.16. The van der Waals surface area contributed by atoms with Crippen molar-refractivity contribution in [2.75, 3.05) is 0 Å². The Balaban J connectivity index is 2.97. The van der Waals surface area contributed by atoms with Gasteiger partial charge in [-0.25, -0.2) is 8.42 Å². The van der Waals surface area contributed by atoms with Gasteiger partial charge in [-0.05, 0) is 24.6 Å². The van der Waals surface area contributed by atoms with Gasteiger partial charge in [0, 0.05) is 10.7 Å². The van der Waals surface area contributed by atoms with Crippen LogP contribution in [0.3, 0.4) is 0 Å². The molecule has 80 valence electrons. The third-order valence-electron chi connectivity index (χ3n) is 2.00. The van der Waals surface area contributed by atoms with E-state index in [9.17, 15) is 12.8 Å². The van der Waals surface area contributed by atoms with E-state index in [1.807, 2.05) is 0 Å². The molecule has 0 spiro atoms. The second-order valence-corrected chi connectivity index (χ2v) is 5.67. The smallest absolute Gasteiger partial charge is 0.263 e. The van der Waals surface area contributed by atoms with Crippen molar-refractivity contribution in [1.82, 2.24) is 10.2 Å². The summed E-state index contributed by atoms with van der Waals surface area (Å²) in [5.41, 5.74) is 0.690. The van der Waals surface area contributed by atoms with Gasteiger partial charge in [0.05, 0.1) is 10.9 Å². The van der Waals surface area contributed by atoms with Crippen LogP contribution in [0.4, 0.5) is 4.39 Å². The van der Waals surface area contributed by atoms with E-state index in [0.29, 0.717) is 5.56 Å². The predicted molar refractivity (Wildman–Crippen MR) is 53.8 cm³/mol. The van der Waals surface area contributed by atoms with E-state index in [-0.39, 0.29) is 15.8 Å². The number of nitrogens with zero attached hydrogens (tertiary/aromatic N) is 1. The maximum absolute atomic E-state index is 13.1. The lowest BCUT2D eigenvalue weighted by molar-refractivity contribution is 0.588. The fraction of sp³-hybridized carbons (Fsp3) is 0.125. The molecule has 0 amide bonds. The van der Waals surface area contributed by atoms with Crippen LogP contribution in [0.25, 0.3) is 10.9 Å². The summed E-state index contributed by atoms with van der Waals surface area (Å²) < 4.78 is 35.5. The highest BCUT2D eigenvalue weighted by Crippen LogP contribution is 2.26. The van der Waals surface area contributed by atoms with E-state index < -0.39 is 15.0 Å². The molecule has 4 nitrogen and oxygen atoms in total. The second-order valence-electron chi connectivity index (χ2n) is 3.14. The number of benzene rings is 1. The van der Waals surface area contributed by atoms with E-state index >= 15 is 0 Å². The molecule has 1 aromatic carbocycles. The Bertz CT molecular complexity index is 635. The average Bonchev–Trinajstić information content (AvgIpc) is 2.45. The molecule has 1 N–H and O–H groups in total. The molecule has 15 heavy (non-hydrogen) atoms. The van der Waals surface area contributed by atoms with Crippen molar-refractivity contribution in [2.24, 2.45) is 0 Å². The molecule has 0 saturated carbocycles. The summed E-state index contributed by atoms with van der Waals surface area (Å²) >= 11 is 0. The van der Waals surface area contributed by atoms with E-state index in [0.717, 1.165) is 0 Å². The SMILES string of the molecule is Cc1cc(S(=O)(=O)Cl)c2[nH]nc(F)c2c1. The number of halogens is 2. The van der Waals surface area contributed by atoms with Crippen LogP contribution >= 0.6 is 10.7 Å². The molecule has 0 aliphatic rings. The van der Waals surface area contributed by atoms with Crippen LogP contribution < -0.4 is 0 Å². The molecule has 2 rings (SSSR count). The van der Waals surface area contributed by atoms with E-state index in [2.05, 4.69) is 10.2 Å². The molecule has 7 heteroatoms. The van der Waals surface area contributed by atoms with Crippen molar-refractivity contribution in [3.63, 3.8) is 0 Å². The quantitative estimate of drug-likeness (QED) is 0.785. The maximum Gasteiger partial charge on any atom is 0.263 e. The lowest BCUT2D eigenvalue weighted by Crippen LogP contribution is -1.93. The van der Waals surface area contributed by atoms with Crippen LogP contribution in [0.15, 0.2) is 17.0 Å². The summed E-state index contributed by atoms with van der Waals surface area (Å²) in [7, 11) is 1.32. The summed E-state index contributed by atoms with van der Waals surface area (Å²) in [6, 6.07) is 2.86. The number of rotatable bonds is 1. The first kappa shape index (κ1) is 10.4. The molecule has 0 atom stereocenters. The second kappa shape index (κ2) is 3.18. The minimum absolute atomic E-state index is 0.0908. The number of nitrogens with one attached hydrogen (secondary N) is 1. The van der Waals surface area contributed by atoms with Gasteiger partial charge in [-0.15, -0.1) is 5.10 Å². The normalized spacial score (nSPS) is 12.2. The first-order valence-electron chi connectivity index (χ1n) is 3.98. The van der Waals surface area contributed by atoms with E-state index in [1.165, 1.54) is 12.1 Å². The van der Waals surface area contributed by atoms with Gasteiger partial charge in [-0.2, -0.15) is 4.39 Å². The predicted octanol–water partition coefficient (Wildman–Crippen LogP) is 1.94. The van der Waals surface area contributed by atoms with Crippen LogP contribution in [0.1, 0.15) is 5.56 Å². The van der Waals surface area contributed by atoms with Crippen LogP contribution in [0, 0.1) is 12.9 Å². The molecule has 1 heterocycles. The Morgan fingerprint density at radius 3 is 2.73 bits per heavy atom. The minimum atomic E-state index is -3.90. The van der Waals surface area contributed by atoms with Crippen molar-refractivity contribution in [1.29, 1.82) is 0 Å². The van der Waals surface area contributed by atoms with Crippen molar-refractivity contribution >= 4 is 30.6 Å². The number of aromatic nitrogens is 2. The van der Waals surface area contributed by atoms with Gasteiger partial charge in [0.1, 0.15) is 4.90 Å². The van der Waals surface area contributed by atoms with Gasteiger partial charge in [0.25, 0.3) is 9.05 Å². The number of fused-ring (bicyclic) bond motifs is 1. The molecule has 0 bridgehead atoms. The Morgan fingerprint density at radius 1 is 1.47 bits per heavy atom. The third kappa shape index (κ3) is 1.70. The van der Waals surface area contributed by atoms with E-state index in [1.54, 1.807) is 6.92 Å². The topological polar surface area (TPSA) is 62.8 Å². The number of hydrogen-bond acceptors (Lipinski definition) is 3. The summed E-state index contributed by atoms with van der Waals surface area (Å²) in [4.78, 5) is -0.157. The maximum atomic E-state index is 13.1. The van der Waals surface area contributed by atoms with Crippen LogP contribution in [-0.4, -0.2) is 18.6 Å². The van der Waals surface area contributed by atoms with Gasteiger partial charge in [0.2, 0.25) is 5.95 Å². The Labute approximate surface area is 89.5 Å². The zero-order valence-electron chi connectivity index (χ0n) is 7.58. The van der Waals surface area contributed by atoms with Crippen LogP contribution in [0.2, 0.25) is 0 Å². The molecule has 1 aromatic heterocycles. The summed E-state index contributed by atoms with van der Waals surface area (Å²) in [5, 5.41) is 5.72. The Morgan fingerprint density at radius 2 is 2.13 bits per heavy atom. The van der Waals surface area contributed by atoms with E-state index in [4.69, 9.17) is 10.7 Å². The van der Waals surface area contributed by atoms with Crippen molar-refractivity contribution < 1.29 is 12.8 Å². The molecule has 0 aliphatic carbocycles. The average molecular weight is 249 g/mol. The first-order valence-corrected chi connectivity index (χ1v) is 6.29. The minimum Gasteiger partial charge on any atom is -0.273 e. The number of H-pyrrole nitrogens is 1. The molecule has 0 radical (unpaired) electrons. The largest absolute Gasteiger partial charge is 0.273 e. The fourth-order valence-electron chi connectivity index (χ4n) is 1.39. The first-order chi connectivity index (χ1) is 6.89. The van der Waals surface area contributed by atoms with Gasteiger partial charge < -0.3 is 0 Å². The highest BCUT2D eigenvalue weighted by Gasteiger charge is 2.18. The summed E-state index contributed by atoms with van der Waals surface area (Å²) in [6.45, 7) is 1.65. The molecule has 2 aromatic rings. The summed E-state index contributed by atoms with van der Waals surface area (Å²) in [6.07, 6.45) is 0. The third-order valence-corrected chi connectivity index (χ3v) is 3.34. The van der Waals surface area contributed by atoms with Crippen LogP contribution in [0.5, 0.6) is 0 Å². The molecular formula is C8H6ClFN2O2S. The fourth-order valence-corrected chi connectivity index (χ4v) is 2.48. The molecule has 0 unspecified atom stereocenters. The Kier molecular flexibility index (Phi) is 2.20. The zero-order chi connectivity index (χ0) is 11.2. The van der Waals surface area contributed by atoms with Crippen LogP contribution in [-0.2, 0) is 9.05 Å². The molecule has 0 fully saturated rings. The van der Waals surface area contributed by atoms with Gasteiger partial charge >= 0.3 is 0 Å². The number of aromatic amines is 1. The molecule has 0 saturated heterocycles. The van der Waals surface area contributed by atoms with Crippen molar-refractivity contribution in [3.05, 3.63) is 23.6 Å². The highest BCUT2D eigenvalue weighted by atomic mass is 35.7. The molecular weight excluding hydrogens is 243 g/mol. The lowest BCUT2D eigenvalue weighted by atomic mass is 10.2. The van der Waals surface area contributed by atoms with Crippen molar-refractivity contribution in [2.45, 2.75) is 11.8 Å². The number of aryl methyl sites for hydroxylation is 1.